The molecule has 0 radical (unpaired) electrons. The molecule has 0 aromatic heterocycles. The Morgan fingerprint density at radius 2 is 1.73 bits per heavy atom. The Labute approximate surface area is 155 Å². The molecular formula is C21H29NO4. The van der Waals surface area contributed by atoms with E-state index in [-0.39, 0.29) is 24.0 Å². The molecule has 0 fully saturated rings. The van der Waals surface area contributed by atoms with Crippen molar-refractivity contribution in [3.8, 4) is 0 Å². The van der Waals surface area contributed by atoms with E-state index in [2.05, 4.69) is 5.32 Å². The zero-order valence-corrected chi connectivity index (χ0v) is 16.0. The molecule has 1 aliphatic rings. The van der Waals surface area contributed by atoms with Crippen LogP contribution in [0.3, 0.4) is 0 Å². The maximum absolute atomic E-state index is 11.9. The molecule has 5 nitrogen and oxygen atoms in total. The van der Waals surface area contributed by atoms with Crippen molar-refractivity contribution in [3.63, 3.8) is 0 Å². The van der Waals surface area contributed by atoms with Gasteiger partial charge in [-0.05, 0) is 39.7 Å². The number of nitrogens with one attached hydrogen (secondary N) is 1. The third-order valence-corrected chi connectivity index (χ3v) is 4.26. The van der Waals surface area contributed by atoms with Crippen LogP contribution in [0.2, 0.25) is 0 Å². The second-order valence-corrected chi connectivity index (χ2v) is 7.78. The second kappa shape index (κ2) is 8.97. The van der Waals surface area contributed by atoms with Crippen LogP contribution < -0.4 is 5.32 Å². The first-order valence-corrected chi connectivity index (χ1v) is 9.43. The van der Waals surface area contributed by atoms with E-state index in [1.165, 1.54) is 0 Å². The molecular weight excluding hydrogens is 330 g/mol. The Morgan fingerprint density at radius 3 is 2.46 bits per heavy atom. The summed E-state index contributed by atoms with van der Waals surface area (Å²) in [5.41, 5.74) is 1.45. The molecule has 5 heteroatoms. The van der Waals surface area contributed by atoms with E-state index in [0.717, 1.165) is 44.3 Å². The smallest absolute Gasteiger partial charge is 0.306 e. The Morgan fingerprint density at radius 1 is 1.04 bits per heavy atom. The predicted octanol–water partition coefficient (Wildman–Crippen LogP) is 4.55. The fraction of sp³-hybridized carbons (Fsp3) is 0.571. The first kappa shape index (κ1) is 20.1. The molecule has 0 heterocycles. The summed E-state index contributed by atoms with van der Waals surface area (Å²) in [5.74, 6) is -0.301. The molecule has 1 N–H and O–H groups in total. The number of ether oxygens (including phenoxy) is 1. The van der Waals surface area contributed by atoms with Crippen LogP contribution in [0.15, 0.2) is 18.2 Å². The molecule has 2 rings (SSSR count). The lowest BCUT2D eigenvalue weighted by Crippen LogP contribution is -2.23. The predicted molar refractivity (Wildman–Crippen MR) is 102 cm³/mol. The number of fused-ring (bicyclic) bond motifs is 1. The normalized spacial score (nSPS) is 13.7. The maximum atomic E-state index is 11.9. The molecule has 0 atom stereocenters. The standard InChI is InChI=1S/C21H29NO4/c1-21(2,3)26-19(25)12-7-5-4-6-8-13-22-16-11-9-10-15-17(23)14-18(24)20(15)16/h9-11,22H,4-8,12-14H2,1-3H3. The number of Topliss-reactive ketones (excluding diaryl/α,β-unsaturated/α-hetero) is 2. The van der Waals surface area contributed by atoms with Crippen LogP contribution in [0, 0.1) is 0 Å². The SMILES string of the molecule is CC(C)(C)OC(=O)CCCCCCCNc1cccc2c1C(=O)CC2=O. The lowest BCUT2D eigenvalue weighted by Gasteiger charge is -2.19. The molecule has 0 bridgehead atoms. The fourth-order valence-electron chi connectivity index (χ4n) is 3.10. The van der Waals surface area contributed by atoms with Crippen molar-refractivity contribution in [1.82, 2.24) is 0 Å². The summed E-state index contributed by atoms with van der Waals surface area (Å²) in [5, 5.41) is 3.28. The number of carbonyl (C=O) groups excluding carboxylic acids is 3. The van der Waals surface area contributed by atoms with E-state index in [1.54, 1.807) is 6.07 Å². The highest BCUT2D eigenvalue weighted by molar-refractivity contribution is 6.26. The summed E-state index contributed by atoms with van der Waals surface area (Å²) in [4.78, 5) is 35.3. The second-order valence-electron chi connectivity index (χ2n) is 7.78. The van der Waals surface area contributed by atoms with Crippen LogP contribution in [0.5, 0.6) is 0 Å². The van der Waals surface area contributed by atoms with Gasteiger partial charge in [0.1, 0.15) is 5.60 Å². The van der Waals surface area contributed by atoms with Crippen molar-refractivity contribution in [2.45, 2.75) is 71.3 Å². The van der Waals surface area contributed by atoms with E-state index in [0.29, 0.717) is 17.5 Å². The lowest BCUT2D eigenvalue weighted by molar-refractivity contribution is -0.154. The fourth-order valence-corrected chi connectivity index (χ4v) is 3.10. The summed E-state index contributed by atoms with van der Waals surface area (Å²) >= 11 is 0. The molecule has 1 aromatic carbocycles. The summed E-state index contributed by atoms with van der Waals surface area (Å²) in [6, 6.07) is 5.39. The number of benzene rings is 1. The number of unbranched alkanes of at least 4 members (excludes halogenated alkanes) is 4. The first-order chi connectivity index (χ1) is 12.3. The molecule has 0 aliphatic heterocycles. The van der Waals surface area contributed by atoms with Crippen molar-refractivity contribution < 1.29 is 19.1 Å². The molecule has 0 saturated heterocycles. The lowest BCUT2D eigenvalue weighted by atomic mass is 10.1. The van der Waals surface area contributed by atoms with Crippen LogP contribution in [0.25, 0.3) is 0 Å². The zero-order chi connectivity index (χ0) is 19.2. The van der Waals surface area contributed by atoms with E-state index in [1.807, 2.05) is 32.9 Å². The van der Waals surface area contributed by atoms with E-state index in [4.69, 9.17) is 4.74 Å². The summed E-state index contributed by atoms with van der Waals surface area (Å²) in [7, 11) is 0. The van der Waals surface area contributed by atoms with Crippen molar-refractivity contribution in [1.29, 1.82) is 0 Å². The van der Waals surface area contributed by atoms with Gasteiger partial charge in [-0.2, -0.15) is 0 Å². The van der Waals surface area contributed by atoms with E-state index >= 15 is 0 Å². The van der Waals surface area contributed by atoms with Gasteiger partial charge >= 0.3 is 5.97 Å². The van der Waals surface area contributed by atoms with Gasteiger partial charge in [0.2, 0.25) is 0 Å². The van der Waals surface area contributed by atoms with Crippen molar-refractivity contribution in [2.24, 2.45) is 0 Å². The van der Waals surface area contributed by atoms with E-state index in [9.17, 15) is 14.4 Å². The van der Waals surface area contributed by atoms with Gasteiger partial charge in [-0.15, -0.1) is 0 Å². The summed E-state index contributed by atoms with van der Waals surface area (Å²) in [6.45, 7) is 6.40. The molecule has 26 heavy (non-hydrogen) atoms. The van der Waals surface area contributed by atoms with Gasteiger partial charge in [0.25, 0.3) is 0 Å². The molecule has 142 valence electrons. The maximum Gasteiger partial charge on any atom is 0.306 e. The number of rotatable bonds is 9. The van der Waals surface area contributed by atoms with Gasteiger partial charge in [-0.3, -0.25) is 14.4 Å². The Kier molecular flexibility index (Phi) is 6.95. The Bertz CT molecular complexity index is 673. The average molecular weight is 359 g/mol. The Balaban J connectivity index is 1.60. The highest BCUT2D eigenvalue weighted by Gasteiger charge is 2.29. The van der Waals surface area contributed by atoms with Crippen LogP contribution in [-0.2, 0) is 9.53 Å². The topological polar surface area (TPSA) is 72.5 Å². The largest absolute Gasteiger partial charge is 0.460 e. The van der Waals surface area contributed by atoms with Crippen LogP contribution in [0.1, 0.15) is 86.4 Å². The molecule has 0 unspecified atom stereocenters. The first-order valence-electron chi connectivity index (χ1n) is 9.43. The monoisotopic (exact) mass is 359 g/mol. The van der Waals surface area contributed by atoms with Gasteiger partial charge in [0.15, 0.2) is 11.6 Å². The third kappa shape index (κ3) is 5.97. The molecule has 1 aromatic rings. The molecule has 0 amide bonds. The highest BCUT2D eigenvalue weighted by atomic mass is 16.6. The number of hydrogen-bond acceptors (Lipinski definition) is 5. The van der Waals surface area contributed by atoms with Gasteiger partial charge in [-0.25, -0.2) is 0 Å². The number of ketones is 2. The van der Waals surface area contributed by atoms with Crippen molar-refractivity contribution >= 4 is 23.2 Å². The minimum atomic E-state index is -0.410. The van der Waals surface area contributed by atoms with Crippen LogP contribution in [-0.4, -0.2) is 29.7 Å². The van der Waals surface area contributed by atoms with Gasteiger partial charge in [0.05, 0.1) is 12.0 Å². The summed E-state index contributed by atoms with van der Waals surface area (Å²) < 4.78 is 5.28. The van der Waals surface area contributed by atoms with Gasteiger partial charge in [-0.1, -0.05) is 31.4 Å². The minimum Gasteiger partial charge on any atom is -0.460 e. The van der Waals surface area contributed by atoms with Gasteiger partial charge < -0.3 is 10.1 Å². The number of hydrogen-bond donors (Lipinski definition) is 1. The quantitative estimate of drug-likeness (QED) is 0.398. The zero-order valence-electron chi connectivity index (χ0n) is 16.0. The van der Waals surface area contributed by atoms with Crippen molar-refractivity contribution in [3.05, 3.63) is 29.3 Å². The van der Waals surface area contributed by atoms with Crippen LogP contribution >= 0.6 is 0 Å². The Hall–Kier alpha value is -2.17. The number of carbonyl (C=O) groups is 3. The number of anilines is 1. The van der Waals surface area contributed by atoms with Gasteiger partial charge in [0, 0.05) is 24.2 Å². The van der Waals surface area contributed by atoms with E-state index < -0.39 is 5.60 Å². The van der Waals surface area contributed by atoms with Crippen LogP contribution in [0.4, 0.5) is 5.69 Å². The average Bonchev–Trinajstić information content (AvgIpc) is 2.83. The molecule has 0 spiro atoms. The minimum absolute atomic E-state index is 0.00826. The summed E-state index contributed by atoms with van der Waals surface area (Å²) in [6.07, 6.45) is 5.43. The molecule has 0 saturated carbocycles. The van der Waals surface area contributed by atoms with Crippen molar-refractivity contribution in [2.75, 3.05) is 11.9 Å². The third-order valence-electron chi connectivity index (χ3n) is 4.26. The molecule has 1 aliphatic carbocycles. The highest BCUT2D eigenvalue weighted by Crippen LogP contribution is 2.28. The number of esters is 1.